The van der Waals surface area contributed by atoms with Gasteiger partial charge in [0.1, 0.15) is 6.79 Å². The molecule has 1 fully saturated rings. The van der Waals surface area contributed by atoms with E-state index >= 15 is 0 Å². The molecule has 1 aromatic carbocycles. The Morgan fingerprint density at radius 1 is 1.27 bits per heavy atom. The van der Waals surface area contributed by atoms with E-state index < -0.39 is 0 Å². The lowest BCUT2D eigenvalue weighted by molar-refractivity contribution is -0.0979. The van der Waals surface area contributed by atoms with Gasteiger partial charge < -0.3 is 25.9 Å². The molecule has 7 heteroatoms. The third-order valence-electron chi connectivity index (χ3n) is 3.70. The van der Waals surface area contributed by atoms with Crippen LogP contribution in [0.15, 0.2) is 47.2 Å². The minimum atomic E-state index is 0.549. The summed E-state index contributed by atoms with van der Waals surface area (Å²) in [5.41, 5.74) is 14.8. The van der Waals surface area contributed by atoms with Crippen molar-refractivity contribution in [1.82, 2.24) is 4.90 Å². The second-order valence-corrected chi connectivity index (χ2v) is 5.50. The molecule has 0 radical (unpaired) electrons. The van der Waals surface area contributed by atoms with Crippen LogP contribution in [0.25, 0.3) is 0 Å². The number of carbonyl (C=O) groups is 1. The van der Waals surface area contributed by atoms with Gasteiger partial charge in [-0.1, -0.05) is 18.2 Å². The number of rotatable bonds is 7. The monoisotopic (exact) mass is 363 g/mol. The Morgan fingerprint density at radius 3 is 2.46 bits per heavy atom. The number of carbonyl (C=O) groups excluding carboxylic acids is 1. The van der Waals surface area contributed by atoms with Gasteiger partial charge in [0.2, 0.25) is 5.90 Å². The van der Waals surface area contributed by atoms with Crippen LogP contribution in [0.2, 0.25) is 0 Å². The van der Waals surface area contributed by atoms with E-state index in [0.717, 1.165) is 24.2 Å². The fourth-order valence-corrected chi connectivity index (χ4v) is 2.40. The number of anilines is 1. The number of benzene rings is 1. The van der Waals surface area contributed by atoms with Crippen LogP contribution in [0.4, 0.5) is 5.69 Å². The van der Waals surface area contributed by atoms with Crippen molar-refractivity contribution in [3.8, 4) is 0 Å². The Bertz CT molecular complexity index is 514. The van der Waals surface area contributed by atoms with Gasteiger partial charge in [0.15, 0.2) is 0 Å². The SMILES string of the molecule is C=O.CC(=C\N)/C(=N\Nc1ccccc1)OCCCN1CCCC1.CN. The Morgan fingerprint density at radius 2 is 1.88 bits per heavy atom. The van der Waals surface area contributed by atoms with Gasteiger partial charge >= 0.3 is 0 Å². The molecule has 0 aliphatic carbocycles. The maximum absolute atomic E-state index is 8.00. The van der Waals surface area contributed by atoms with Crippen LogP contribution < -0.4 is 16.9 Å². The largest absolute Gasteiger partial charge is 0.476 e. The minimum absolute atomic E-state index is 0.549. The van der Waals surface area contributed by atoms with Gasteiger partial charge in [-0.15, -0.1) is 5.10 Å². The number of hydrogen-bond donors (Lipinski definition) is 3. The maximum Gasteiger partial charge on any atom is 0.235 e. The van der Waals surface area contributed by atoms with Gasteiger partial charge in [-0.3, -0.25) is 5.43 Å². The predicted octanol–water partition coefficient (Wildman–Crippen LogP) is 2.17. The molecule has 146 valence electrons. The summed E-state index contributed by atoms with van der Waals surface area (Å²) in [5, 5.41) is 4.32. The van der Waals surface area contributed by atoms with E-state index in [-0.39, 0.29) is 0 Å². The Balaban J connectivity index is 0.00000146. The molecule has 1 aliphatic rings. The number of nitrogens with two attached hydrogens (primary N) is 2. The van der Waals surface area contributed by atoms with Crippen molar-refractivity contribution in [3.05, 3.63) is 42.1 Å². The first-order chi connectivity index (χ1) is 12.8. The number of nitrogens with one attached hydrogen (secondary N) is 1. The highest BCUT2D eigenvalue weighted by molar-refractivity contribution is 5.93. The van der Waals surface area contributed by atoms with Gasteiger partial charge in [-0.05, 0) is 58.5 Å². The predicted molar refractivity (Wildman–Crippen MR) is 109 cm³/mol. The summed E-state index contributed by atoms with van der Waals surface area (Å²) in [6.07, 6.45) is 5.17. The number of hydrogen-bond acceptors (Lipinski definition) is 7. The van der Waals surface area contributed by atoms with Gasteiger partial charge in [-0.25, -0.2) is 0 Å². The molecule has 5 N–H and O–H groups in total. The van der Waals surface area contributed by atoms with Gasteiger partial charge in [0.05, 0.1) is 12.3 Å². The topological polar surface area (TPSA) is 106 Å². The van der Waals surface area contributed by atoms with Crippen molar-refractivity contribution in [1.29, 1.82) is 0 Å². The van der Waals surface area contributed by atoms with Crippen LogP contribution in [0.1, 0.15) is 26.2 Å². The average molecular weight is 364 g/mol. The zero-order valence-electron chi connectivity index (χ0n) is 16.0. The van der Waals surface area contributed by atoms with Gasteiger partial charge in [-0.2, -0.15) is 0 Å². The molecule has 0 saturated carbocycles. The van der Waals surface area contributed by atoms with Crippen LogP contribution in [-0.2, 0) is 9.53 Å². The highest BCUT2D eigenvalue weighted by atomic mass is 16.5. The number of ether oxygens (including phenoxy) is 1. The summed E-state index contributed by atoms with van der Waals surface area (Å²) in [7, 11) is 1.50. The molecule has 2 rings (SSSR count). The molecule has 1 aliphatic heterocycles. The lowest BCUT2D eigenvalue weighted by atomic mass is 10.3. The van der Waals surface area contributed by atoms with E-state index in [1.807, 2.05) is 44.0 Å². The summed E-state index contributed by atoms with van der Waals surface area (Å²) in [5.74, 6) is 0.549. The summed E-state index contributed by atoms with van der Waals surface area (Å²) in [6, 6.07) is 9.79. The number of para-hydroxylation sites is 1. The fraction of sp³-hybridized carbons (Fsp3) is 0.474. The Labute approximate surface area is 157 Å². The van der Waals surface area contributed by atoms with E-state index in [9.17, 15) is 0 Å². The van der Waals surface area contributed by atoms with Crippen LogP contribution in [-0.4, -0.2) is 50.9 Å². The molecular weight excluding hydrogens is 330 g/mol. The fourth-order valence-electron chi connectivity index (χ4n) is 2.40. The molecule has 0 atom stereocenters. The van der Waals surface area contributed by atoms with E-state index in [1.165, 1.54) is 39.2 Å². The van der Waals surface area contributed by atoms with Crippen LogP contribution in [0.5, 0.6) is 0 Å². The standard InChI is InChI=1S/C17H26N4O.CH5N.CH2O/c1-15(14-18)17(20-19-16-8-3-2-4-9-16)22-13-7-12-21-10-5-6-11-21;2*1-2/h2-4,8-9,14,19H,5-7,10-13,18H2,1H3;2H2,1H3;1H2/b15-14+,20-17+;;. The molecule has 0 aromatic heterocycles. The molecule has 1 aromatic rings. The third kappa shape index (κ3) is 9.80. The molecular formula is C19H33N5O2. The van der Waals surface area contributed by atoms with Gasteiger partial charge in [0, 0.05) is 18.3 Å². The molecule has 0 bridgehead atoms. The average Bonchev–Trinajstić information content (AvgIpc) is 3.24. The van der Waals surface area contributed by atoms with E-state index in [4.69, 9.17) is 15.3 Å². The molecule has 1 saturated heterocycles. The van der Waals surface area contributed by atoms with Crippen LogP contribution in [0, 0.1) is 0 Å². The highest BCUT2D eigenvalue weighted by Crippen LogP contribution is 2.09. The van der Waals surface area contributed by atoms with Gasteiger partial charge in [0.25, 0.3) is 0 Å². The number of nitrogens with zero attached hydrogens (tertiary/aromatic N) is 2. The first-order valence-corrected chi connectivity index (χ1v) is 8.79. The van der Waals surface area contributed by atoms with E-state index in [2.05, 4.69) is 21.2 Å². The van der Waals surface area contributed by atoms with Crippen molar-refractivity contribution < 1.29 is 9.53 Å². The summed E-state index contributed by atoms with van der Waals surface area (Å²) < 4.78 is 5.79. The second kappa shape index (κ2) is 16.1. The van der Waals surface area contributed by atoms with Crippen molar-refractivity contribution in [2.24, 2.45) is 16.6 Å². The van der Waals surface area contributed by atoms with Crippen molar-refractivity contribution in [2.75, 3.05) is 38.7 Å². The Hall–Kier alpha value is -2.38. The van der Waals surface area contributed by atoms with Crippen molar-refractivity contribution in [2.45, 2.75) is 26.2 Å². The quantitative estimate of drug-likeness (QED) is 0.297. The third-order valence-corrected chi connectivity index (χ3v) is 3.70. The molecule has 1 heterocycles. The van der Waals surface area contributed by atoms with Crippen LogP contribution in [0.3, 0.4) is 0 Å². The molecule has 7 nitrogen and oxygen atoms in total. The summed E-state index contributed by atoms with van der Waals surface area (Å²) in [4.78, 5) is 10.5. The molecule has 0 unspecified atom stereocenters. The first-order valence-electron chi connectivity index (χ1n) is 8.79. The lowest BCUT2D eigenvalue weighted by Crippen LogP contribution is -2.22. The second-order valence-electron chi connectivity index (χ2n) is 5.50. The molecule has 0 amide bonds. The smallest absolute Gasteiger partial charge is 0.235 e. The first kappa shape index (κ1) is 23.6. The van der Waals surface area contributed by atoms with E-state index in [1.54, 1.807) is 0 Å². The molecule has 26 heavy (non-hydrogen) atoms. The van der Waals surface area contributed by atoms with Crippen molar-refractivity contribution in [3.63, 3.8) is 0 Å². The Kier molecular flexibility index (Phi) is 14.6. The summed E-state index contributed by atoms with van der Waals surface area (Å²) >= 11 is 0. The minimum Gasteiger partial charge on any atom is -0.476 e. The lowest BCUT2D eigenvalue weighted by Gasteiger charge is -2.15. The zero-order valence-corrected chi connectivity index (χ0v) is 16.0. The normalized spacial score (nSPS) is 14.6. The number of likely N-dealkylation sites (tertiary alicyclic amines) is 1. The summed E-state index contributed by atoms with van der Waals surface area (Å²) in [6.45, 7) is 8.07. The highest BCUT2D eigenvalue weighted by Gasteiger charge is 2.11. The number of hydrazone groups is 1. The van der Waals surface area contributed by atoms with Crippen molar-refractivity contribution >= 4 is 18.4 Å². The molecule has 0 spiro atoms. The maximum atomic E-state index is 8.00. The van der Waals surface area contributed by atoms with E-state index in [0.29, 0.717) is 12.5 Å². The zero-order chi connectivity index (χ0) is 19.6. The van der Waals surface area contributed by atoms with Crippen LogP contribution >= 0.6 is 0 Å².